The standard InChI is InChI=1S/C11H19NO3/c1-11(2,14)10(13)15-9-6-7-4-5-8(9)12(7)3/h7-9,14H,4-6H2,1-3H3. The summed E-state index contributed by atoms with van der Waals surface area (Å²) in [5, 5.41) is 9.49. The normalized spacial score (nSPS) is 35.9. The minimum atomic E-state index is -1.37. The van der Waals surface area contributed by atoms with Gasteiger partial charge in [-0.1, -0.05) is 0 Å². The Bertz CT molecular complexity index is 271. The number of esters is 1. The third kappa shape index (κ3) is 1.88. The van der Waals surface area contributed by atoms with Crippen molar-refractivity contribution in [3.8, 4) is 0 Å². The lowest BCUT2D eigenvalue weighted by atomic mass is 9.97. The summed E-state index contributed by atoms with van der Waals surface area (Å²) >= 11 is 0. The van der Waals surface area contributed by atoms with E-state index in [1.807, 2.05) is 0 Å². The van der Waals surface area contributed by atoms with Crippen molar-refractivity contribution < 1.29 is 14.6 Å². The summed E-state index contributed by atoms with van der Waals surface area (Å²) in [6.07, 6.45) is 3.21. The largest absolute Gasteiger partial charge is 0.459 e. The molecule has 2 heterocycles. The van der Waals surface area contributed by atoms with Crippen LogP contribution in [0.2, 0.25) is 0 Å². The van der Waals surface area contributed by atoms with Crippen molar-refractivity contribution in [2.45, 2.75) is 56.9 Å². The maximum absolute atomic E-state index is 11.5. The Morgan fingerprint density at radius 1 is 1.47 bits per heavy atom. The molecule has 4 heteroatoms. The first kappa shape index (κ1) is 10.9. The van der Waals surface area contributed by atoms with Gasteiger partial charge in [-0.3, -0.25) is 4.90 Å². The third-order valence-corrected chi connectivity index (χ3v) is 3.59. The maximum atomic E-state index is 11.5. The van der Waals surface area contributed by atoms with Crippen molar-refractivity contribution >= 4 is 5.97 Å². The lowest BCUT2D eigenvalue weighted by Crippen LogP contribution is -2.40. The highest BCUT2D eigenvalue weighted by molar-refractivity contribution is 5.78. The van der Waals surface area contributed by atoms with E-state index in [2.05, 4.69) is 11.9 Å². The van der Waals surface area contributed by atoms with E-state index >= 15 is 0 Å². The molecule has 3 unspecified atom stereocenters. The van der Waals surface area contributed by atoms with Crippen LogP contribution in [0.15, 0.2) is 0 Å². The number of carbonyl (C=O) groups is 1. The highest BCUT2D eigenvalue weighted by Gasteiger charge is 2.47. The molecule has 2 saturated heterocycles. The number of likely N-dealkylation sites (N-methyl/N-ethyl adjacent to an activating group) is 1. The average molecular weight is 213 g/mol. The van der Waals surface area contributed by atoms with E-state index in [0.717, 1.165) is 12.8 Å². The van der Waals surface area contributed by atoms with Crippen LogP contribution in [0.25, 0.3) is 0 Å². The van der Waals surface area contributed by atoms with Gasteiger partial charge < -0.3 is 9.84 Å². The van der Waals surface area contributed by atoms with Crippen LogP contribution in [0.1, 0.15) is 33.1 Å². The molecule has 3 atom stereocenters. The van der Waals surface area contributed by atoms with Gasteiger partial charge in [-0.2, -0.15) is 0 Å². The molecule has 2 rings (SSSR count). The minimum Gasteiger partial charge on any atom is -0.459 e. The molecule has 0 aromatic heterocycles. The van der Waals surface area contributed by atoms with E-state index in [1.54, 1.807) is 0 Å². The smallest absolute Gasteiger partial charge is 0.337 e. The van der Waals surface area contributed by atoms with E-state index in [4.69, 9.17) is 4.74 Å². The summed E-state index contributed by atoms with van der Waals surface area (Å²) < 4.78 is 5.35. The summed E-state index contributed by atoms with van der Waals surface area (Å²) in [7, 11) is 2.08. The van der Waals surface area contributed by atoms with Gasteiger partial charge in [-0.25, -0.2) is 4.79 Å². The molecular formula is C11H19NO3. The molecule has 0 saturated carbocycles. The molecule has 0 aromatic rings. The maximum Gasteiger partial charge on any atom is 0.337 e. The zero-order valence-corrected chi connectivity index (χ0v) is 9.56. The molecule has 0 spiro atoms. The number of hydrogen-bond acceptors (Lipinski definition) is 4. The molecule has 2 aliphatic rings. The molecule has 2 bridgehead atoms. The topological polar surface area (TPSA) is 49.8 Å². The van der Waals surface area contributed by atoms with Crippen molar-refractivity contribution in [1.29, 1.82) is 0 Å². The molecule has 2 aliphatic heterocycles. The molecule has 1 N–H and O–H groups in total. The van der Waals surface area contributed by atoms with Crippen LogP contribution in [-0.2, 0) is 9.53 Å². The Balaban J connectivity index is 1.95. The van der Waals surface area contributed by atoms with Crippen LogP contribution in [0.4, 0.5) is 0 Å². The summed E-state index contributed by atoms with van der Waals surface area (Å²) in [5.41, 5.74) is -1.37. The first-order valence-corrected chi connectivity index (χ1v) is 5.55. The van der Waals surface area contributed by atoms with Gasteiger partial charge in [0.25, 0.3) is 0 Å². The number of rotatable bonds is 2. The van der Waals surface area contributed by atoms with Crippen LogP contribution >= 0.6 is 0 Å². The van der Waals surface area contributed by atoms with Gasteiger partial charge in [0, 0.05) is 18.5 Å². The molecule has 0 aliphatic carbocycles. The number of carbonyl (C=O) groups excluding carboxylic acids is 1. The van der Waals surface area contributed by atoms with Crippen molar-refractivity contribution in [2.75, 3.05) is 7.05 Å². The quantitative estimate of drug-likeness (QED) is 0.680. The van der Waals surface area contributed by atoms with Crippen molar-refractivity contribution in [3.63, 3.8) is 0 Å². The zero-order valence-electron chi connectivity index (χ0n) is 9.56. The second-order valence-corrected chi connectivity index (χ2v) is 5.20. The second kappa shape index (κ2) is 3.46. The number of nitrogens with zero attached hydrogens (tertiary/aromatic N) is 1. The van der Waals surface area contributed by atoms with Crippen molar-refractivity contribution in [2.24, 2.45) is 0 Å². The fraction of sp³-hybridized carbons (Fsp3) is 0.909. The SMILES string of the molecule is CN1C2CCC1C(OC(=O)C(C)(C)O)C2. The first-order chi connectivity index (χ1) is 6.89. The zero-order chi connectivity index (χ0) is 11.2. The van der Waals surface area contributed by atoms with Gasteiger partial charge in [0.2, 0.25) is 0 Å². The van der Waals surface area contributed by atoms with Gasteiger partial charge in [-0.05, 0) is 33.7 Å². The molecule has 0 aromatic carbocycles. The Morgan fingerprint density at radius 2 is 2.13 bits per heavy atom. The van der Waals surface area contributed by atoms with E-state index in [-0.39, 0.29) is 6.10 Å². The predicted molar refractivity (Wildman–Crippen MR) is 55.4 cm³/mol. The van der Waals surface area contributed by atoms with Gasteiger partial charge >= 0.3 is 5.97 Å². The Hall–Kier alpha value is -0.610. The Morgan fingerprint density at radius 3 is 2.53 bits per heavy atom. The fourth-order valence-corrected chi connectivity index (χ4v) is 2.61. The lowest BCUT2D eigenvalue weighted by molar-refractivity contribution is -0.168. The van der Waals surface area contributed by atoms with Gasteiger partial charge in [0.05, 0.1) is 0 Å². The van der Waals surface area contributed by atoms with E-state index in [9.17, 15) is 9.90 Å². The Kier molecular flexibility index (Phi) is 2.51. The first-order valence-electron chi connectivity index (χ1n) is 5.55. The van der Waals surface area contributed by atoms with Crippen molar-refractivity contribution in [1.82, 2.24) is 4.90 Å². The Labute approximate surface area is 90.2 Å². The molecule has 86 valence electrons. The van der Waals surface area contributed by atoms with Crippen LogP contribution in [0.5, 0.6) is 0 Å². The van der Waals surface area contributed by atoms with Crippen LogP contribution in [0.3, 0.4) is 0 Å². The minimum absolute atomic E-state index is 0.0207. The molecular weight excluding hydrogens is 194 g/mol. The van der Waals surface area contributed by atoms with E-state index in [1.165, 1.54) is 20.3 Å². The van der Waals surface area contributed by atoms with E-state index < -0.39 is 11.6 Å². The monoisotopic (exact) mass is 213 g/mol. The summed E-state index contributed by atoms with van der Waals surface area (Å²) in [4.78, 5) is 13.8. The molecule has 0 radical (unpaired) electrons. The van der Waals surface area contributed by atoms with Crippen molar-refractivity contribution in [3.05, 3.63) is 0 Å². The van der Waals surface area contributed by atoms with E-state index in [0.29, 0.717) is 12.1 Å². The highest BCUT2D eigenvalue weighted by Crippen LogP contribution is 2.38. The number of aliphatic hydroxyl groups is 1. The summed E-state index contributed by atoms with van der Waals surface area (Å²) in [6.45, 7) is 2.93. The average Bonchev–Trinajstić information content (AvgIpc) is 2.60. The van der Waals surface area contributed by atoms with Crippen LogP contribution in [0, 0.1) is 0 Å². The van der Waals surface area contributed by atoms with Crippen LogP contribution < -0.4 is 0 Å². The molecule has 2 fully saturated rings. The molecule has 0 amide bonds. The predicted octanol–water partition coefficient (Wildman–Crippen LogP) is 0.536. The second-order valence-electron chi connectivity index (χ2n) is 5.20. The lowest BCUT2D eigenvalue weighted by Gasteiger charge is -2.25. The highest BCUT2D eigenvalue weighted by atomic mass is 16.6. The van der Waals surface area contributed by atoms with Gasteiger partial charge in [0.1, 0.15) is 6.10 Å². The van der Waals surface area contributed by atoms with Gasteiger partial charge in [-0.15, -0.1) is 0 Å². The third-order valence-electron chi connectivity index (χ3n) is 3.59. The fourth-order valence-electron chi connectivity index (χ4n) is 2.61. The number of ether oxygens (including phenoxy) is 1. The number of fused-ring (bicyclic) bond motifs is 2. The summed E-state index contributed by atoms with van der Waals surface area (Å²) in [5.74, 6) is -0.506. The van der Waals surface area contributed by atoms with Crippen LogP contribution in [-0.4, -0.2) is 46.8 Å². The molecule has 15 heavy (non-hydrogen) atoms. The summed E-state index contributed by atoms with van der Waals surface area (Å²) in [6, 6.07) is 0.927. The molecule has 4 nitrogen and oxygen atoms in total. The van der Waals surface area contributed by atoms with Gasteiger partial charge in [0.15, 0.2) is 5.60 Å². The number of hydrogen-bond donors (Lipinski definition) is 1.